The molecule has 2 saturated carbocycles. The maximum Gasteiger partial charge on any atom is 0.328 e. The molecule has 0 heterocycles. The summed E-state index contributed by atoms with van der Waals surface area (Å²) < 4.78 is 13.9. The third-order valence-electron chi connectivity index (χ3n) is 4.28. The molecule has 4 nitrogen and oxygen atoms in total. The fraction of sp³-hybridized carbons (Fsp3) is 0.375. The number of nitrogens with one attached hydrogen (secondary N) is 1. The molecular formula is C16H16FNO3. The van der Waals surface area contributed by atoms with Crippen LogP contribution in [0.4, 0.5) is 10.1 Å². The van der Waals surface area contributed by atoms with Gasteiger partial charge >= 0.3 is 5.97 Å². The van der Waals surface area contributed by atoms with Crippen LogP contribution in [0.5, 0.6) is 0 Å². The van der Waals surface area contributed by atoms with Gasteiger partial charge in [-0.05, 0) is 54.9 Å². The van der Waals surface area contributed by atoms with Gasteiger partial charge in [-0.1, -0.05) is 6.07 Å². The van der Waals surface area contributed by atoms with Gasteiger partial charge in [0, 0.05) is 12.0 Å². The Labute approximate surface area is 121 Å². The minimum atomic E-state index is -1.09. The van der Waals surface area contributed by atoms with Crippen molar-refractivity contribution >= 4 is 23.6 Å². The van der Waals surface area contributed by atoms with Crippen LogP contribution in [-0.4, -0.2) is 17.0 Å². The smallest absolute Gasteiger partial charge is 0.328 e. The number of fused-ring (bicyclic) bond motifs is 1. The number of benzene rings is 1. The Morgan fingerprint density at radius 3 is 2.57 bits per heavy atom. The Hall–Kier alpha value is -2.17. The maximum atomic E-state index is 13.9. The average Bonchev–Trinajstić information content (AvgIpc) is 3.05. The van der Waals surface area contributed by atoms with Crippen LogP contribution in [0.15, 0.2) is 24.3 Å². The Morgan fingerprint density at radius 1 is 1.24 bits per heavy atom. The molecule has 0 aromatic heterocycles. The molecule has 2 unspecified atom stereocenters. The third kappa shape index (κ3) is 3.12. The van der Waals surface area contributed by atoms with Gasteiger partial charge < -0.3 is 10.4 Å². The summed E-state index contributed by atoms with van der Waals surface area (Å²) in [7, 11) is 0. The number of carbonyl (C=O) groups excluding carboxylic acids is 1. The lowest BCUT2D eigenvalue weighted by Gasteiger charge is -2.13. The largest absolute Gasteiger partial charge is 0.478 e. The number of rotatable bonds is 4. The standard InChI is InChI=1S/C16H16FNO3/c17-13-5-9(2-4-15(19)20)1-3-14(13)18-16(21)12-7-10-6-11(10)8-12/h1-5,10-12H,6-8H2,(H,18,21)(H,19,20)/b4-2+. The molecule has 2 N–H and O–H groups in total. The zero-order valence-corrected chi connectivity index (χ0v) is 11.4. The molecule has 3 rings (SSSR count). The van der Waals surface area contributed by atoms with E-state index in [-0.39, 0.29) is 17.5 Å². The van der Waals surface area contributed by atoms with E-state index in [1.807, 2.05) is 0 Å². The van der Waals surface area contributed by atoms with Crippen molar-refractivity contribution in [1.29, 1.82) is 0 Å². The SMILES string of the molecule is O=C(O)/C=C/c1ccc(NC(=O)C2CC3CC3C2)c(F)c1. The van der Waals surface area contributed by atoms with Crippen molar-refractivity contribution < 1.29 is 19.1 Å². The predicted molar refractivity (Wildman–Crippen MR) is 76.0 cm³/mol. The Bertz CT molecular complexity index is 616. The second-order valence-corrected chi connectivity index (χ2v) is 5.82. The first-order valence-corrected chi connectivity index (χ1v) is 7.04. The van der Waals surface area contributed by atoms with Crippen LogP contribution in [0.3, 0.4) is 0 Å². The number of hydrogen-bond donors (Lipinski definition) is 2. The molecule has 110 valence electrons. The summed E-state index contributed by atoms with van der Waals surface area (Å²) in [5.74, 6) is -0.357. The first-order valence-electron chi connectivity index (χ1n) is 7.04. The minimum Gasteiger partial charge on any atom is -0.478 e. The number of halogens is 1. The summed E-state index contributed by atoms with van der Waals surface area (Å²) >= 11 is 0. The fourth-order valence-corrected chi connectivity index (χ4v) is 3.07. The fourth-order valence-electron chi connectivity index (χ4n) is 3.07. The highest BCUT2D eigenvalue weighted by Crippen LogP contribution is 2.54. The number of aliphatic carboxylic acids is 1. The molecule has 0 radical (unpaired) electrons. The van der Waals surface area contributed by atoms with Crippen molar-refractivity contribution in [3.63, 3.8) is 0 Å². The van der Waals surface area contributed by atoms with Crippen LogP contribution < -0.4 is 5.32 Å². The van der Waals surface area contributed by atoms with Crippen molar-refractivity contribution in [3.8, 4) is 0 Å². The maximum absolute atomic E-state index is 13.9. The lowest BCUT2D eigenvalue weighted by Crippen LogP contribution is -2.22. The van der Waals surface area contributed by atoms with Crippen molar-refractivity contribution in [2.24, 2.45) is 17.8 Å². The van der Waals surface area contributed by atoms with Gasteiger partial charge in [0.25, 0.3) is 0 Å². The molecule has 1 aromatic carbocycles. The molecule has 21 heavy (non-hydrogen) atoms. The first kappa shape index (κ1) is 13.8. The van der Waals surface area contributed by atoms with E-state index in [2.05, 4.69) is 5.32 Å². The number of amides is 1. The molecule has 2 aliphatic rings. The molecule has 0 aliphatic heterocycles. The summed E-state index contributed by atoms with van der Waals surface area (Å²) in [5.41, 5.74) is 0.586. The highest BCUT2D eigenvalue weighted by atomic mass is 19.1. The number of hydrogen-bond acceptors (Lipinski definition) is 2. The molecule has 1 aromatic rings. The number of carboxylic acid groups (broad SMARTS) is 1. The summed E-state index contributed by atoms with van der Waals surface area (Å²) in [6, 6.07) is 4.25. The third-order valence-corrected chi connectivity index (χ3v) is 4.28. The van der Waals surface area contributed by atoms with E-state index in [1.165, 1.54) is 24.6 Å². The van der Waals surface area contributed by atoms with Gasteiger partial charge in [0.05, 0.1) is 5.69 Å². The number of anilines is 1. The molecule has 0 spiro atoms. The summed E-state index contributed by atoms with van der Waals surface area (Å²) in [4.78, 5) is 22.5. The molecule has 5 heteroatoms. The number of carbonyl (C=O) groups is 2. The van der Waals surface area contributed by atoms with Gasteiger partial charge in [0.2, 0.25) is 5.91 Å². The topological polar surface area (TPSA) is 66.4 Å². The van der Waals surface area contributed by atoms with Crippen LogP contribution in [0, 0.1) is 23.6 Å². The highest BCUT2D eigenvalue weighted by molar-refractivity contribution is 5.93. The van der Waals surface area contributed by atoms with E-state index in [0.29, 0.717) is 17.4 Å². The first-order chi connectivity index (χ1) is 10.0. The zero-order valence-electron chi connectivity index (χ0n) is 11.4. The van der Waals surface area contributed by atoms with Gasteiger partial charge in [-0.2, -0.15) is 0 Å². The van der Waals surface area contributed by atoms with E-state index >= 15 is 0 Å². The van der Waals surface area contributed by atoms with Crippen LogP contribution >= 0.6 is 0 Å². The van der Waals surface area contributed by atoms with Crippen LogP contribution in [-0.2, 0) is 9.59 Å². The van der Waals surface area contributed by atoms with E-state index in [9.17, 15) is 14.0 Å². The van der Waals surface area contributed by atoms with E-state index in [4.69, 9.17) is 5.11 Å². The second-order valence-electron chi connectivity index (χ2n) is 5.82. The van der Waals surface area contributed by atoms with Gasteiger partial charge in [0.1, 0.15) is 5.82 Å². The van der Waals surface area contributed by atoms with Crippen LogP contribution in [0.1, 0.15) is 24.8 Å². The minimum absolute atomic E-state index is 0.000247. The molecule has 2 aliphatic carbocycles. The lowest BCUT2D eigenvalue weighted by atomic mass is 10.0. The quantitative estimate of drug-likeness (QED) is 0.838. The Kier molecular flexibility index (Phi) is 3.49. The van der Waals surface area contributed by atoms with E-state index < -0.39 is 11.8 Å². The summed E-state index contributed by atoms with van der Waals surface area (Å²) in [6.07, 6.45) is 5.32. The molecule has 2 atom stereocenters. The molecular weight excluding hydrogens is 273 g/mol. The van der Waals surface area contributed by atoms with E-state index in [1.54, 1.807) is 6.07 Å². The van der Waals surface area contributed by atoms with Crippen LogP contribution in [0.2, 0.25) is 0 Å². The van der Waals surface area contributed by atoms with Crippen molar-refractivity contribution in [3.05, 3.63) is 35.7 Å². The molecule has 2 fully saturated rings. The number of carboxylic acids is 1. The summed E-state index contributed by atoms with van der Waals surface area (Å²) in [6.45, 7) is 0. The monoisotopic (exact) mass is 289 g/mol. The zero-order chi connectivity index (χ0) is 15.0. The Balaban J connectivity index is 1.65. The normalized spacial score (nSPS) is 26.6. The van der Waals surface area contributed by atoms with Gasteiger partial charge in [-0.3, -0.25) is 4.79 Å². The average molecular weight is 289 g/mol. The Morgan fingerprint density at radius 2 is 1.95 bits per heavy atom. The molecule has 1 amide bonds. The second kappa shape index (κ2) is 5.31. The van der Waals surface area contributed by atoms with Crippen molar-refractivity contribution in [2.75, 3.05) is 5.32 Å². The van der Waals surface area contributed by atoms with Crippen LogP contribution in [0.25, 0.3) is 6.08 Å². The highest BCUT2D eigenvalue weighted by Gasteiger charge is 2.48. The van der Waals surface area contributed by atoms with E-state index in [0.717, 1.165) is 18.9 Å². The van der Waals surface area contributed by atoms with Crippen molar-refractivity contribution in [1.82, 2.24) is 0 Å². The predicted octanol–water partition coefficient (Wildman–Crippen LogP) is 2.91. The van der Waals surface area contributed by atoms with Gasteiger partial charge in [0.15, 0.2) is 0 Å². The van der Waals surface area contributed by atoms with Gasteiger partial charge in [-0.15, -0.1) is 0 Å². The summed E-state index contributed by atoms with van der Waals surface area (Å²) in [5, 5.41) is 11.2. The lowest BCUT2D eigenvalue weighted by molar-refractivity contribution is -0.131. The van der Waals surface area contributed by atoms with Crippen molar-refractivity contribution in [2.45, 2.75) is 19.3 Å². The molecule has 0 saturated heterocycles. The van der Waals surface area contributed by atoms with Gasteiger partial charge in [-0.25, -0.2) is 9.18 Å². The molecule has 0 bridgehead atoms.